The summed E-state index contributed by atoms with van der Waals surface area (Å²) in [4.78, 5) is 0.303. The number of rotatable bonds is 8. The summed E-state index contributed by atoms with van der Waals surface area (Å²) in [5.74, 6) is 0.844. The molecular weight excluding hydrogens is 336 g/mol. The Kier molecular flexibility index (Phi) is 6.75. The molecule has 0 spiro atoms. The Bertz CT molecular complexity index is 813. The van der Waals surface area contributed by atoms with Crippen LogP contribution in [0.5, 0.6) is 5.75 Å². The van der Waals surface area contributed by atoms with E-state index < -0.39 is 10.0 Å². The van der Waals surface area contributed by atoms with Gasteiger partial charge < -0.3 is 10.1 Å². The van der Waals surface area contributed by atoms with Gasteiger partial charge in [0.05, 0.1) is 12.0 Å². The van der Waals surface area contributed by atoms with Crippen molar-refractivity contribution in [3.8, 4) is 5.75 Å². The lowest BCUT2D eigenvalue weighted by Gasteiger charge is -2.11. The van der Waals surface area contributed by atoms with E-state index in [1.807, 2.05) is 48.6 Å². The summed E-state index contributed by atoms with van der Waals surface area (Å²) in [6.07, 6.45) is 4.04. The van der Waals surface area contributed by atoms with E-state index in [2.05, 4.69) is 5.32 Å². The van der Waals surface area contributed by atoms with E-state index >= 15 is 0 Å². The predicted molar refractivity (Wildman–Crippen MR) is 101 cm³/mol. The number of sulfonamides is 1. The molecule has 2 rings (SSSR count). The second kappa shape index (κ2) is 8.80. The Balaban J connectivity index is 1.87. The number of nitrogens with one attached hydrogen (secondary N) is 1. The summed E-state index contributed by atoms with van der Waals surface area (Å²) in [6, 6.07) is 14.8. The Morgan fingerprint density at radius 2 is 1.76 bits per heavy atom. The van der Waals surface area contributed by atoms with Gasteiger partial charge in [0.1, 0.15) is 5.75 Å². The molecule has 2 aromatic carbocycles. The number of methoxy groups -OCH3 is 1. The fourth-order valence-corrected chi connectivity index (χ4v) is 3.18. The average molecular weight is 360 g/mol. The first-order valence-corrected chi connectivity index (χ1v) is 9.41. The summed E-state index contributed by atoms with van der Waals surface area (Å²) >= 11 is 0. The van der Waals surface area contributed by atoms with Gasteiger partial charge in [-0.15, -0.1) is 0 Å². The number of ether oxygens (including phenoxy) is 1. The van der Waals surface area contributed by atoms with E-state index in [9.17, 15) is 8.42 Å². The topological polar surface area (TPSA) is 58.6 Å². The average Bonchev–Trinajstić information content (AvgIpc) is 2.62. The highest BCUT2D eigenvalue weighted by atomic mass is 32.2. The van der Waals surface area contributed by atoms with Gasteiger partial charge in [0.25, 0.3) is 0 Å². The summed E-state index contributed by atoms with van der Waals surface area (Å²) in [5, 5.41) is 3.30. The molecule has 0 saturated carbocycles. The third-order valence-electron chi connectivity index (χ3n) is 3.73. The molecule has 0 heterocycles. The maximum Gasteiger partial charge on any atom is 0.242 e. The second-order valence-corrected chi connectivity index (χ2v) is 7.86. The van der Waals surface area contributed by atoms with Crippen molar-refractivity contribution in [2.45, 2.75) is 11.4 Å². The molecule has 134 valence electrons. The van der Waals surface area contributed by atoms with Crippen LogP contribution >= 0.6 is 0 Å². The van der Waals surface area contributed by atoms with Gasteiger partial charge in [0, 0.05) is 32.7 Å². The maximum absolute atomic E-state index is 12.0. The van der Waals surface area contributed by atoms with E-state index in [0.717, 1.165) is 16.9 Å². The van der Waals surface area contributed by atoms with Crippen LogP contribution in [0, 0.1) is 0 Å². The van der Waals surface area contributed by atoms with Crippen LogP contribution in [0.15, 0.2) is 59.5 Å². The lowest BCUT2D eigenvalue weighted by atomic mass is 10.2. The Hall–Kier alpha value is -2.15. The molecule has 0 unspecified atom stereocenters. The highest BCUT2D eigenvalue weighted by Crippen LogP contribution is 2.18. The van der Waals surface area contributed by atoms with Crippen molar-refractivity contribution in [2.75, 3.05) is 27.7 Å². The summed E-state index contributed by atoms with van der Waals surface area (Å²) in [5.41, 5.74) is 2.06. The van der Waals surface area contributed by atoms with Gasteiger partial charge in [-0.1, -0.05) is 42.5 Å². The zero-order valence-corrected chi connectivity index (χ0v) is 15.6. The van der Waals surface area contributed by atoms with Crippen molar-refractivity contribution in [1.82, 2.24) is 9.62 Å². The highest BCUT2D eigenvalue weighted by Gasteiger charge is 2.16. The molecule has 0 aromatic heterocycles. The first kappa shape index (κ1) is 19.2. The van der Waals surface area contributed by atoms with Gasteiger partial charge in [0.2, 0.25) is 10.0 Å². The summed E-state index contributed by atoms with van der Waals surface area (Å²) in [6.45, 7) is 1.37. The summed E-state index contributed by atoms with van der Waals surface area (Å²) < 4.78 is 30.6. The molecular formula is C19H24N2O3S. The van der Waals surface area contributed by atoms with Crippen LogP contribution in [0.3, 0.4) is 0 Å². The molecule has 0 atom stereocenters. The van der Waals surface area contributed by atoms with Gasteiger partial charge in [-0.3, -0.25) is 0 Å². The second-order valence-electron chi connectivity index (χ2n) is 5.71. The Morgan fingerprint density at radius 3 is 2.40 bits per heavy atom. The van der Waals surface area contributed by atoms with E-state index in [0.29, 0.717) is 18.0 Å². The third-order valence-corrected chi connectivity index (χ3v) is 5.56. The number of nitrogens with zero attached hydrogens (tertiary/aromatic N) is 1. The van der Waals surface area contributed by atoms with Crippen LogP contribution in [0.2, 0.25) is 0 Å². The van der Waals surface area contributed by atoms with Crippen LogP contribution in [0.1, 0.15) is 11.1 Å². The van der Waals surface area contributed by atoms with Crippen molar-refractivity contribution in [3.63, 3.8) is 0 Å². The number of hydrogen-bond acceptors (Lipinski definition) is 4. The molecule has 6 heteroatoms. The Labute approximate surface area is 150 Å². The molecule has 0 amide bonds. The van der Waals surface area contributed by atoms with E-state index in [-0.39, 0.29) is 0 Å². The van der Waals surface area contributed by atoms with Crippen molar-refractivity contribution in [2.24, 2.45) is 0 Å². The van der Waals surface area contributed by atoms with Crippen LogP contribution in [-0.2, 0) is 16.6 Å². The van der Waals surface area contributed by atoms with E-state index in [4.69, 9.17) is 4.74 Å². The van der Waals surface area contributed by atoms with Gasteiger partial charge in [0.15, 0.2) is 0 Å². The zero-order chi connectivity index (χ0) is 18.3. The molecule has 0 bridgehead atoms. The summed E-state index contributed by atoms with van der Waals surface area (Å²) in [7, 11) is 1.34. The van der Waals surface area contributed by atoms with Gasteiger partial charge in [-0.25, -0.2) is 12.7 Å². The minimum Gasteiger partial charge on any atom is -0.496 e. The van der Waals surface area contributed by atoms with Crippen molar-refractivity contribution in [1.29, 1.82) is 0 Å². The van der Waals surface area contributed by atoms with Crippen molar-refractivity contribution < 1.29 is 13.2 Å². The highest BCUT2D eigenvalue weighted by molar-refractivity contribution is 7.89. The minimum absolute atomic E-state index is 0.303. The SMILES string of the molecule is COc1ccccc1/C=C/CNCc1ccc(S(=O)(=O)N(C)C)cc1. The van der Waals surface area contributed by atoms with Crippen LogP contribution in [0.4, 0.5) is 0 Å². The molecule has 0 aliphatic heterocycles. The third kappa shape index (κ3) is 5.16. The number of hydrogen-bond donors (Lipinski definition) is 1. The van der Waals surface area contributed by atoms with Crippen LogP contribution in [-0.4, -0.2) is 40.5 Å². The van der Waals surface area contributed by atoms with Gasteiger partial charge >= 0.3 is 0 Å². The number of para-hydroxylation sites is 1. The molecule has 5 nitrogen and oxygen atoms in total. The molecule has 0 fully saturated rings. The van der Waals surface area contributed by atoms with Crippen LogP contribution in [0.25, 0.3) is 6.08 Å². The largest absolute Gasteiger partial charge is 0.496 e. The quantitative estimate of drug-likeness (QED) is 0.736. The first-order chi connectivity index (χ1) is 11.9. The fraction of sp³-hybridized carbons (Fsp3) is 0.263. The molecule has 0 aliphatic carbocycles. The molecule has 2 aromatic rings. The van der Waals surface area contributed by atoms with Crippen LogP contribution < -0.4 is 10.1 Å². The predicted octanol–water partition coefficient (Wildman–Crippen LogP) is 2.75. The van der Waals surface area contributed by atoms with Crippen molar-refractivity contribution in [3.05, 3.63) is 65.7 Å². The van der Waals surface area contributed by atoms with E-state index in [1.54, 1.807) is 19.2 Å². The van der Waals surface area contributed by atoms with Gasteiger partial charge in [-0.2, -0.15) is 0 Å². The van der Waals surface area contributed by atoms with Crippen molar-refractivity contribution >= 4 is 16.1 Å². The Morgan fingerprint density at radius 1 is 1.08 bits per heavy atom. The molecule has 25 heavy (non-hydrogen) atoms. The molecule has 0 radical (unpaired) electrons. The monoisotopic (exact) mass is 360 g/mol. The number of benzene rings is 2. The normalized spacial score (nSPS) is 12.0. The zero-order valence-electron chi connectivity index (χ0n) is 14.8. The molecule has 0 saturated heterocycles. The first-order valence-electron chi connectivity index (χ1n) is 7.97. The van der Waals surface area contributed by atoms with E-state index in [1.165, 1.54) is 18.4 Å². The smallest absolute Gasteiger partial charge is 0.242 e. The van der Waals surface area contributed by atoms with Gasteiger partial charge in [-0.05, 0) is 23.8 Å². The standard InChI is InChI=1S/C19H24N2O3S/c1-21(2)25(22,23)18-12-10-16(11-13-18)15-20-14-6-8-17-7-4-5-9-19(17)24-3/h4-13,20H,14-15H2,1-3H3/b8-6+. The lowest BCUT2D eigenvalue weighted by molar-refractivity contribution is 0.414. The molecule has 1 N–H and O–H groups in total. The maximum atomic E-state index is 12.0. The molecule has 0 aliphatic rings. The minimum atomic E-state index is -3.37. The lowest BCUT2D eigenvalue weighted by Crippen LogP contribution is -2.22. The fourth-order valence-electron chi connectivity index (χ4n) is 2.28.